The molecule has 2 heterocycles. The van der Waals surface area contributed by atoms with Gasteiger partial charge < -0.3 is 5.32 Å². The maximum absolute atomic E-state index is 13.1. The van der Waals surface area contributed by atoms with Crippen molar-refractivity contribution in [1.29, 1.82) is 5.26 Å². The zero-order valence-electron chi connectivity index (χ0n) is 14.7. The second-order valence-corrected chi connectivity index (χ2v) is 9.84. The number of carbonyl (C=O) groups is 1. The van der Waals surface area contributed by atoms with Crippen molar-refractivity contribution in [1.82, 2.24) is 25.1 Å². The Kier molecular flexibility index (Phi) is 4.84. The molecule has 160 valence electrons. The molecule has 7 nitrogen and oxygen atoms in total. The fourth-order valence-electron chi connectivity index (χ4n) is 2.37. The van der Waals surface area contributed by atoms with Gasteiger partial charge in [-0.15, -0.1) is 0 Å². The molecule has 1 unspecified atom stereocenters. The lowest BCUT2D eigenvalue weighted by Gasteiger charge is -2.40. The first-order chi connectivity index (χ1) is 13.7. The molecule has 0 radical (unpaired) electrons. The third-order valence-electron chi connectivity index (χ3n) is 3.67. The van der Waals surface area contributed by atoms with Crippen molar-refractivity contribution in [2.24, 2.45) is 0 Å². The summed E-state index contributed by atoms with van der Waals surface area (Å²) in [6.45, 7) is 1.45. The number of nitrogens with one attached hydrogen (secondary N) is 1. The lowest BCUT2D eigenvalue weighted by Crippen LogP contribution is -2.29. The van der Waals surface area contributed by atoms with Crippen LogP contribution >= 0.6 is 33.2 Å². The molecule has 0 aliphatic rings. The Balaban J connectivity index is 1.89. The number of aromatic nitrogens is 4. The van der Waals surface area contributed by atoms with Gasteiger partial charge in [0.2, 0.25) is 5.13 Å². The van der Waals surface area contributed by atoms with Crippen molar-refractivity contribution < 1.29 is 24.2 Å². The van der Waals surface area contributed by atoms with Crippen LogP contribution in [0.2, 0.25) is 5.02 Å². The fraction of sp³-hybridized carbons (Fsp3) is 0.133. The zero-order valence-corrected chi connectivity index (χ0v) is 17.1. The molecule has 0 saturated heterocycles. The summed E-state index contributed by atoms with van der Waals surface area (Å²) in [5, 5.41) is 14.8. The average molecular weight is 485 g/mol. The van der Waals surface area contributed by atoms with Gasteiger partial charge in [-0.1, -0.05) is 42.4 Å². The molecule has 3 aromatic rings. The number of benzene rings is 1. The maximum Gasteiger partial charge on any atom is 0.310 e. The van der Waals surface area contributed by atoms with Crippen molar-refractivity contribution in [2.45, 2.75) is 17.9 Å². The lowest BCUT2D eigenvalue weighted by atomic mass is 10.2. The summed E-state index contributed by atoms with van der Waals surface area (Å²) in [4.78, 5) is 18.4. The Hall–Kier alpha value is -2.76. The Morgan fingerprint density at radius 2 is 1.97 bits per heavy atom. The van der Waals surface area contributed by atoms with E-state index in [9.17, 15) is 24.2 Å². The van der Waals surface area contributed by atoms with Crippen LogP contribution in [0.3, 0.4) is 0 Å². The van der Waals surface area contributed by atoms with Crippen LogP contribution in [-0.2, 0) is 0 Å². The maximum atomic E-state index is 13.1. The van der Waals surface area contributed by atoms with E-state index >= 15 is 0 Å². The summed E-state index contributed by atoms with van der Waals surface area (Å²) in [6, 6.07) is 1.94. The van der Waals surface area contributed by atoms with Crippen molar-refractivity contribution in [2.75, 3.05) is 0 Å². The minimum Gasteiger partial charge on any atom is -0.342 e. The summed E-state index contributed by atoms with van der Waals surface area (Å²) in [6.07, 6.45) is 2.46. The number of nitriles is 1. The molecule has 0 spiro atoms. The highest BCUT2D eigenvalue weighted by atomic mass is 35.5. The highest BCUT2D eigenvalue weighted by Crippen LogP contribution is 3.02. The molecule has 1 amide bonds. The van der Waals surface area contributed by atoms with E-state index in [0.29, 0.717) is 4.88 Å². The van der Waals surface area contributed by atoms with Crippen molar-refractivity contribution in [3.8, 4) is 11.2 Å². The summed E-state index contributed by atoms with van der Waals surface area (Å²) in [5.74, 6) is -0.934. The lowest BCUT2D eigenvalue weighted by molar-refractivity contribution is 0.0937. The third kappa shape index (κ3) is 4.69. The molecule has 0 fully saturated rings. The highest BCUT2D eigenvalue weighted by molar-refractivity contribution is 8.45. The number of hydrogen-bond acceptors (Lipinski definition) is 6. The van der Waals surface area contributed by atoms with E-state index in [2.05, 4.69) is 20.4 Å². The normalized spacial score (nSPS) is 15.0. The number of nitrogens with zero attached hydrogens (tertiary/aromatic N) is 5. The van der Waals surface area contributed by atoms with Gasteiger partial charge in [0, 0.05) is 10.6 Å². The van der Waals surface area contributed by atoms with Crippen LogP contribution in [0.5, 0.6) is 0 Å². The molecule has 15 heteroatoms. The topological polar surface area (TPSA) is 96.5 Å². The third-order valence-corrected chi connectivity index (χ3v) is 5.90. The van der Waals surface area contributed by atoms with Gasteiger partial charge in [-0.05, 0) is 25.1 Å². The van der Waals surface area contributed by atoms with Crippen LogP contribution < -0.4 is 5.32 Å². The minimum atomic E-state index is -10.0. The molecule has 0 saturated carbocycles. The van der Waals surface area contributed by atoms with E-state index in [4.69, 9.17) is 16.9 Å². The quantitative estimate of drug-likeness (QED) is 0.489. The first kappa shape index (κ1) is 21.9. The van der Waals surface area contributed by atoms with Crippen LogP contribution in [0.4, 0.5) is 19.4 Å². The number of hydrogen-bond donors (Lipinski definition) is 1. The number of amides is 1. The molecular weight excluding hydrogens is 475 g/mol. The number of rotatable bonds is 5. The van der Waals surface area contributed by atoms with Gasteiger partial charge in [0.25, 0.3) is 5.91 Å². The van der Waals surface area contributed by atoms with Gasteiger partial charge >= 0.3 is 10.2 Å². The molecule has 1 atom stereocenters. The molecule has 30 heavy (non-hydrogen) atoms. The van der Waals surface area contributed by atoms with Crippen LogP contribution in [0.25, 0.3) is 5.13 Å². The monoisotopic (exact) mass is 484 g/mol. The van der Waals surface area contributed by atoms with Gasteiger partial charge in [-0.3, -0.25) is 4.79 Å². The zero-order chi connectivity index (χ0) is 22.4. The summed E-state index contributed by atoms with van der Waals surface area (Å²) < 4.78 is 66.7. The predicted octanol–water partition coefficient (Wildman–Crippen LogP) is 5.40. The largest absolute Gasteiger partial charge is 0.342 e. The number of thiazole rings is 1. The molecule has 2 aromatic heterocycles. The Morgan fingerprint density at radius 3 is 2.57 bits per heavy atom. The first-order valence-corrected chi connectivity index (χ1v) is 10.9. The minimum absolute atomic E-state index is 0.0419. The highest BCUT2D eigenvalue weighted by Gasteiger charge is 2.65. The molecular formula is C15H10ClF5N6OS2. The van der Waals surface area contributed by atoms with E-state index in [0.717, 1.165) is 23.7 Å². The van der Waals surface area contributed by atoms with Crippen molar-refractivity contribution in [3.63, 3.8) is 0 Å². The summed E-state index contributed by atoms with van der Waals surface area (Å²) in [7, 11) is -10.0. The van der Waals surface area contributed by atoms with Crippen molar-refractivity contribution in [3.05, 3.63) is 52.0 Å². The standard InChI is InChI=1S/C15H10ClF5N6OS2/c1-8(13-24-7-25-27(13)15-23-6-11(5-22)29-15)26-14(28)9-2-10(16)4-12(3-9)30(17,18,19,20)21/h2-4,6-8H,1H3,(H,26,28). The van der Waals surface area contributed by atoms with Crippen LogP contribution in [-0.4, -0.2) is 25.7 Å². The van der Waals surface area contributed by atoms with Gasteiger partial charge in [0.05, 0.1) is 12.2 Å². The Morgan fingerprint density at radius 1 is 1.27 bits per heavy atom. The SMILES string of the molecule is CC(NC(=O)c1cc(Cl)cc(S(F)(F)(F)(F)F)c1)c1ncnn1-c1ncc(C#N)s1. The van der Waals surface area contributed by atoms with E-state index in [1.807, 2.05) is 6.07 Å². The molecule has 3 rings (SSSR count). The van der Waals surface area contributed by atoms with E-state index in [1.54, 1.807) is 0 Å². The summed E-state index contributed by atoms with van der Waals surface area (Å²) in [5.41, 5.74) is -0.704. The number of carbonyl (C=O) groups excluding carboxylic acids is 1. The van der Waals surface area contributed by atoms with Gasteiger partial charge in [-0.2, -0.15) is 15.0 Å². The summed E-state index contributed by atoms with van der Waals surface area (Å²) >= 11 is 6.52. The Bertz CT molecular complexity index is 1190. The first-order valence-electron chi connectivity index (χ1n) is 7.80. The van der Waals surface area contributed by atoms with Crippen LogP contribution in [0.15, 0.2) is 35.6 Å². The number of halogens is 6. The average Bonchev–Trinajstić information content (AvgIpc) is 3.28. The second kappa shape index (κ2) is 6.62. The Labute approximate surface area is 174 Å². The van der Waals surface area contributed by atoms with Crippen molar-refractivity contribution >= 4 is 39.1 Å². The van der Waals surface area contributed by atoms with Gasteiger partial charge in [0.15, 0.2) is 5.82 Å². The fourth-order valence-corrected chi connectivity index (χ4v) is 4.05. The molecule has 0 aliphatic carbocycles. The second-order valence-electron chi connectivity index (χ2n) is 5.99. The molecule has 0 aliphatic heterocycles. The van der Waals surface area contributed by atoms with Gasteiger partial charge in [0.1, 0.15) is 22.2 Å². The molecule has 0 bridgehead atoms. The predicted molar refractivity (Wildman–Crippen MR) is 100 cm³/mol. The van der Waals surface area contributed by atoms with E-state index in [1.165, 1.54) is 17.8 Å². The van der Waals surface area contributed by atoms with E-state index in [-0.39, 0.29) is 23.1 Å². The van der Waals surface area contributed by atoms with Crippen LogP contribution in [0.1, 0.15) is 34.0 Å². The smallest absolute Gasteiger partial charge is 0.310 e. The van der Waals surface area contributed by atoms with E-state index < -0.39 is 37.7 Å². The molecule has 1 N–H and O–H groups in total. The van der Waals surface area contributed by atoms with Gasteiger partial charge in [-0.25, -0.2) is 9.97 Å². The van der Waals surface area contributed by atoms with Crippen LogP contribution in [0, 0.1) is 11.3 Å². The molecule has 1 aromatic carbocycles.